The van der Waals surface area contributed by atoms with Crippen LogP contribution in [0.4, 0.5) is 5.69 Å². The van der Waals surface area contributed by atoms with Crippen LogP contribution in [-0.4, -0.2) is 41.9 Å². The number of carbonyl (C=O) groups excluding carboxylic acids is 1. The molecule has 0 bridgehead atoms. The predicted molar refractivity (Wildman–Crippen MR) is 75.5 cm³/mol. The van der Waals surface area contributed by atoms with E-state index < -0.39 is 4.92 Å². The number of nitrogens with zero attached hydrogens (tertiary/aromatic N) is 2. The molecule has 0 heterocycles. The molecule has 1 aromatic rings. The van der Waals surface area contributed by atoms with Gasteiger partial charge in [-0.15, -0.1) is 0 Å². The Balaban J connectivity index is 1.67. The summed E-state index contributed by atoms with van der Waals surface area (Å²) in [6.45, 7) is 1.03. The van der Waals surface area contributed by atoms with E-state index in [1.54, 1.807) is 17.0 Å². The van der Waals surface area contributed by atoms with Crippen LogP contribution in [0.1, 0.15) is 18.4 Å². The number of non-ortho nitro benzene ring substituents is 1. The summed E-state index contributed by atoms with van der Waals surface area (Å²) in [4.78, 5) is 23.7. The van der Waals surface area contributed by atoms with E-state index in [2.05, 4.69) is 5.32 Å². The van der Waals surface area contributed by atoms with Crippen molar-refractivity contribution in [2.75, 3.05) is 20.1 Å². The van der Waals surface area contributed by atoms with Crippen LogP contribution in [0.15, 0.2) is 24.3 Å². The zero-order chi connectivity index (χ0) is 14.5. The summed E-state index contributed by atoms with van der Waals surface area (Å²) < 4.78 is 0. The highest BCUT2D eigenvalue weighted by Crippen LogP contribution is 2.25. The van der Waals surface area contributed by atoms with Crippen molar-refractivity contribution in [2.45, 2.75) is 25.3 Å². The Kier molecular flexibility index (Phi) is 4.68. The summed E-state index contributed by atoms with van der Waals surface area (Å²) >= 11 is 0. The average Bonchev–Trinajstić information content (AvgIpc) is 3.27. The Morgan fingerprint density at radius 1 is 1.40 bits per heavy atom. The van der Waals surface area contributed by atoms with Crippen molar-refractivity contribution in [1.82, 2.24) is 10.2 Å². The van der Waals surface area contributed by atoms with Gasteiger partial charge in [-0.1, -0.05) is 12.1 Å². The van der Waals surface area contributed by atoms with Crippen molar-refractivity contribution in [3.8, 4) is 0 Å². The summed E-state index contributed by atoms with van der Waals surface area (Å²) in [6.07, 6.45) is 2.98. The molecule has 6 heteroatoms. The molecule has 0 aliphatic heterocycles. The number of nitro benzene ring substituents is 1. The molecule has 1 fully saturated rings. The summed E-state index contributed by atoms with van der Waals surface area (Å²) in [6, 6.07) is 6.94. The van der Waals surface area contributed by atoms with Gasteiger partial charge < -0.3 is 10.2 Å². The maximum atomic E-state index is 11.7. The number of nitrogens with one attached hydrogen (secondary N) is 1. The van der Waals surface area contributed by atoms with E-state index in [-0.39, 0.29) is 11.6 Å². The van der Waals surface area contributed by atoms with Gasteiger partial charge in [0, 0.05) is 25.2 Å². The molecule has 0 unspecified atom stereocenters. The van der Waals surface area contributed by atoms with Crippen LogP contribution in [0.25, 0.3) is 0 Å². The molecule has 0 atom stereocenters. The number of carbonyl (C=O) groups is 1. The normalized spacial score (nSPS) is 14.1. The van der Waals surface area contributed by atoms with Gasteiger partial charge in [-0.2, -0.15) is 0 Å². The van der Waals surface area contributed by atoms with Gasteiger partial charge in [-0.25, -0.2) is 0 Å². The SMILES string of the molecule is CN(C(=O)CNCCc1ccc([N+](=O)[O-])cc1)C1CC1. The van der Waals surface area contributed by atoms with Crippen LogP contribution in [0.5, 0.6) is 0 Å². The Bertz CT molecular complexity index is 483. The van der Waals surface area contributed by atoms with Gasteiger partial charge in [-0.3, -0.25) is 14.9 Å². The number of nitro groups is 1. The molecule has 0 spiro atoms. The van der Waals surface area contributed by atoms with E-state index in [1.165, 1.54) is 12.1 Å². The van der Waals surface area contributed by atoms with E-state index >= 15 is 0 Å². The molecule has 0 saturated heterocycles. The third-order valence-corrected chi connectivity index (χ3v) is 3.50. The average molecular weight is 277 g/mol. The van der Waals surface area contributed by atoms with Crippen LogP contribution in [0.2, 0.25) is 0 Å². The van der Waals surface area contributed by atoms with Crippen molar-refractivity contribution in [2.24, 2.45) is 0 Å². The van der Waals surface area contributed by atoms with Crippen LogP contribution in [-0.2, 0) is 11.2 Å². The minimum absolute atomic E-state index is 0.0999. The summed E-state index contributed by atoms with van der Waals surface area (Å²) in [5.74, 6) is 0.121. The van der Waals surface area contributed by atoms with E-state index in [4.69, 9.17) is 0 Å². The fraction of sp³-hybridized carbons (Fsp3) is 0.500. The fourth-order valence-corrected chi connectivity index (χ4v) is 2.00. The monoisotopic (exact) mass is 277 g/mol. The maximum Gasteiger partial charge on any atom is 0.269 e. The lowest BCUT2D eigenvalue weighted by atomic mass is 10.1. The molecule has 6 nitrogen and oxygen atoms in total. The number of benzene rings is 1. The molecule has 1 saturated carbocycles. The first-order chi connectivity index (χ1) is 9.58. The highest BCUT2D eigenvalue weighted by molar-refractivity contribution is 5.78. The largest absolute Gasteiger partial charge is 0.342 e. The number of likely N-dealkylation sites (N-methyl/N-ethyl adjacent to an activating group) is 1. The van der Waals surface area contributed by atoms with Gasteiger partial charge in [0.2, 0.25) is 5.91 Å². The fourth-order valence-electron chi connectivity index (χ4n) is 2.00. The van der Waals surface area contributed by atoms with Crippen molar-refractivity contribution in [1.29, 1.82) is 0 Å². The van der Waals surface area contributed by atoms with Gasteiger partial charge in [0.1, 0.15) is 0 Å². The second-order valence-corrected chi connectivity index (χ2v) is 5.09. The highest BCUT2D eigenvalue weighted by Gasteiger charge is 2.28. The number of hydrogen-bond donors (Lipinski definition) is 1. The van der Waals surface area contributed by atoms with Crippen LogP contribution in [0.3, 0.4) is 0 Å². The van der Waals surface area contributed by atoms with Gasteiger partial charge in [0.15, 0.2) is 0 Å². The lowest BCUT2D eigenvalue weighted by molar-refractivity contribution is -0.384. The topological polar surface area (TPSA) is 75.5 Å². The molecular weight excluding hydrogens is 258 g/mol. The molecule has 1 aliphatic carbocycles. The van der Waals surface area contributed by atoms with Gasteiger partial charge in [0.25, 0.3) is 5.69 Å². The first-order valence-electron chi connectivity index (χ1n) is 6.77. The number of rotatable bonds is 7. The van der Waals surface area contributed by atoms with Crippen molar-refractivity contribution < 1.29 is 9.72 Å². The van der Waals surface area contributed by atoms with E-state index in [0.717, 1.165) is 24.8 Å². The number of hydrogen-bond acceptors (Lipinski definition) is 4. The summed E-state index contributed by atoms with van der Waals surface area (Å²) in [5, 5.41) is 13.6. The van der Waals surface area contributed by atoms with E-state index in [1.807, 2.05) is 7.05 Å². The van der Waals surface area contributed by atoms with Crippen LogP contribution >= 0.6 is 0 Å². The third-order valence-electron chi connectivity index (χ3n) is 3.50. The smallest absolute Gasteiger partial charge is 0.269 e. The molecule has 0 radical (unpaired) electrons. The minimum Gasteiger partial charge on any atom is -0.342 e. The lowest BCUT2D eigenvalue weighted by Crippen LogP contribution is -2.37. The zero-order valence-corrected chi connectivity index (χ0v) is 11.5. The molecule has 108 valence electrons. The highest BCUT2D eigenvalue weighted by atomic mass is 16.6. The molecule has 1 N–H and O–H groups in total. The molecule has 1 amide bonds. The first kappa shape index (κ1) is 14.5. The molecule has 2 rings (SSSR count). The van der Waals surface area contributed by atoms with Gasteiger partial charge >= 0.3 is 0 Å². The number of amides is 1. The third kappa shape index (κ3) is 4.03. The molecule has 1 aromatic carbocycles. The van der Waals surface area contributed by atoms with E-state index in [9.17, 15) is 14.9 Å². The predicted octanol–water partition coefficient (Wildman–Crippen LogP) is 1.35. The van der Waals surface area contributed by atoms with Gasteiger partial charge in [-0.05, 0) is 31.4 Å². The minimum atomic E-state index is -0.408. The summed E-state index contributed by atoms with van der Waals surface area (Å²) in [5.41, 5.74) is 1.12. The van der Waals surface area contributed by atoms with E-state index in [0.29, 0.717) is 19.1 Å². The molecule has 1 aliphatic rings. The lowest BCUT2D eigenvalue weighted by Gasteiger charge is -2.16. The Hall–Kier alpha value is -1.95. The maximum absolute atomic E-state index is 11.7. The summed E-state index contributed by atoms with van der Waals surface area (Å²) in [7, 11) is 1.85. The standard InChI is InChI=1S/C14H19N3O3/c1-16(12-6-7-12)14(18)10-15-9-8-11-2-4-13(5-3-11)17(19)20/h2-5,12,15H,6-10H2,1H3. The quantitative estimate of drug-likeness (QED) is 0.464. The van der Waals surface area contributed by atoms with Crippen molar-refractivity contribution in [3.63, 3.8) is 0 Å². The Labute approximate surface area is 117 Å². The Morgan fingerprint density at radius 3 is 2.60 bits per heavy atom. The molecule has 20 heavy (non-hydrogen) atoms. The van der Waals surface area contributed by atoms with Crippen molar-refractivity contribution >= 4 is 11.6 Å². The Morgan fingerprint density at radius 2 is 2.05 bits per heavy atom. The van der Waals surface area contributed by atoms with Crippen LogP contribution in [0, 0.1) is 10.1 Å². The molecule has 0 aromatic heterocycles. The zero-order valence-electron chi connectivity index (χ0n) is 11.5. The second kappa shape index (κ2) is 6.47. The second-order valence-electron chi connectivity index (χ2n) is 5.09. The van der Waals surface area contributed by atoms with Crippen molar-refractivity contribution in [3.05, 3.63) is 39.9 Å². The van der Waals surface area contributed by atoms with Crippen LogP contribution < -0.4 is 5.32 Å². The molecular formula is C14H19N3O3. The van der Waals surface area contributed by atoms with Gasteiger partial charge in [0.05, 0.1) is 11.5 Å². The first-order valence-corrected chi connectivity index (χ1v) is 6.77.